The highest BCUT2D eigenvalue weighted by Gasteiger charge is 1.98. The summed E-state index contributed by atoms with van der Waals surface area (Å²) in [6, 6.07) is 0. The van der Waals surface area contributed by atoms with Crippen molar-refractivity contribution in [3.8, 4) is 0 Å². The van der Waals surface area contributed by atoms with E-state index in [9.17, 15) is 12.9 Å². The lowest BCUT2D eigenvalue weighted by Gasteiger charge is -1.65. The molecule has 12 nitrogen and oxygen atoms in total. The number of hydrogen-bond donors (Lipinski definition) is 6. The smallest absolute Gasteiger partial charge is 0.412 e. The van der Waals surface area contributed by atoms with Crippen LogP contribution in [0.2, 0.25) is 0 Å². The SMILES string of the molecule is O.O.O.O.O.O.OB(O)F.OB(O)F.OB(O)F. The Morgan fingerprint density at radius 3 is 0.389 bits per heavy atom. The van der Waals surface area contributed by atoms with Gasteiger partial charge < -0.3 is 63.0 Å². The maximum atomic E-state index is 10.1. The van der Waals surface area contributed by atoms with Crippen molar-refractivity contribution in [3.05, 3.63) is 0 Å². The molecule has 0 aromatic rings. The lowest BCUT2D eigenvalue weighted by molar-refractivity contribution is 0.338. The largest absolute Gasteiger partial charge is 0.674 e. The van der Waals surface area contributed by atoms with Crippen LogP contribution >= 0.6 is 0 Å². The Morgan fingerprint density at radius 1 is 0.389 bits per heavy atom. The Labute approximate surface area is 99.4 Å². The summed E-state index contributed by atoms with van der Waals surface area (Å²) in [5.74, 6) is 0. The summed E-state index contributed by atoms with van der Waals surface area (Å²) in [6.07, 6.45) is 0. The summed E-state index contributed by atoms with van der Waals surface area (Å²) in [7, 11) is -8.00. The maximum absolute atomic E-state index is 10.1. The zero-order valence-electron chi connectivity index (χ0n) is 8.55. The molecule has 0 bridgehead atoms. The van der Waals surface area contributed by atoms with E-state index in [1.54, 1.807) is 0 Å². The molecule has 120 valence electrons. The first-order valence-electron chi connectivity index (χ1n) is 2.20. The van der Waals surface area contributed by atoms with Crippen LogP contribution in [0.4, 0.5) is 12.9 Å². The number of halogens is 3. The zero-order chi connectivity index (χ0) is 10.7. The van der Waals surface area contributed by atoms with Crippen LogP contribution in [-0.2, 0) is 0 Å². The van der Waals surface area contributed by atoms with Gasteiger partial charge in [0.1, 0.15) is 0 Å². The maximum Gasteiger partial charge on any atom is 0.674 e. The van der Waals surface area contributed by atoms with Crippen LogP contribution in [0.25, 0.3) is 0 Å². The van der Waals surface area contributed by atoms with E-state index in [1.165, 1.54) is 0 Å². The minimum absolute atomic E-state index is 0. The molecule has 0 heterocycles. The number of rotatable bonds is 0. The first kappa shape index (κ1) is 65.9. The highest BCUT2D eigenvalue weighted by molar-refractivity contribution is 6.32. The van der Waals surface area contributed by atoms with Gasteiger partial charge in [0.15, 0.2) is 0 Å². The van der Waals surface area contributed by atoms with E-state index < -0.39 is 22.2 Å². The van der Waals surface area contributed by atoms with Gasteiger partial charge in [-0.15, -0.1) is 0 Å². The second-order valence-electron chi connectivity index (χ2n) is 0.932. The molecular formula is H18B3F3O12. The Bertz CT molecular complexity index is 51.1. The first-order valence-corrected chi connectivity index (χ1v) is 2.20. The minimum atomic E-state index is -2.67. The van der Waals surface area contributed by atoms with Crippen LogP contribution in [-0.4, -0.2) is 85.2 Å². The molecule has 0 spiro atoms. The quantitative estimate of drug-likeness (QED) is 0.235. The highest BCUT2D eigenvalue weighted by atomic mass is 19.1. The first-order chi connectivity index (χ1) is 5.20. The van der Waals surface area contributed by atoms with E-state index in [-0.39, 0.29) is 32.9 Å². The van der Waals surface area contributed by atoms with Crippen molar-refractivity contribution in [2.24, 2.45) is 0 Å². The van der Waals surface area contributed by atoms with Gasteiger partial charge in [0, 0.05) is 0 Å². The predicted octanol–water partition coefficient (Wildman–Crippen LogP) is -8.17. The fraction of sp³-hybridized carbons (Fsp3) is 0. The van der Waals surface area contributed by atoms with Gasteiger partial charge in [0.05, 0.1) is 0 Å². The Hall–Kier alpha value is -0.495. The van der Waals surface area contributed by atoms with Gasteiger partial charge in [0.25, 0.3) is 0 Å². The van der Waals surface area contributed by atoms with E-state index >= 15 is 0 Å². The molecule has 0 aromatic carbocycles. The van der Waals surface area contributed by atoms with Gasteiger partial charge in [0.2, 0.25) is 0 Å². The van der Waals surface area contributed by atoms with Gasteiger partial charge in [-0.25, -0.2) is 0 Å². The third-order valence-corrected chi connectivity index (χ3v) is 0. The minimum Gasteiger partial charge on any atom is -0.412 e. The van der Waals surface area contributed by atoms with E-state index in [4.69, 9.17) is 30.1 Å². The van der Waals surface area contributed by atoms with Crippen molar-refractivity contribution in [1.82, 2.24) is 0 Å². The van der Waals surface area contributed by atoms with Gasteiger partial charge in [-0.1, -0.05) is 0 Å². The second-order valence-corrected chi connectivity index (χ2v) is 0.932. The van der Waals surface area contributed by atoms with Crippen LogP contribution in [0.3, 0.4) is 0 Å². The van der Waals surface area contributed by atoms with Gasteiger partial charge in [-0.2, -0.15) is 0 Å². The normalized spacial score (nSPS) is 4.50. The molecule has 0 aliphatic heterocycles. The standard InChI is InChI=1S/3BFH2O2.6H2O/c3*2-1(3)4;;;;;;/h3*3-4H;6*1H2. The Kier molecular flexibility index (Phi) is 201. The lowest BCUT2D eigenvalue weighted by atomic mass is 10.3. The molecule has 0 atom stereocenters. The monoisotopic (exact) mass is 300 g/mol. The van der Waals surface area contributed by atoms with Crippen LogP contribution in [0.5, 0.6) is 0 Å². The molecule has 0 aromatic heterocycles. The lowest BCUT2D eigenvalue weighted by Crippen LogP contribution is -1.98. The molecule has 0 unspecified atom stereocenters. The molecule has 0 rings (SSSR count). The highest BCUT2D eigenvalue weighted by Crippen LogP contribution is 1.58. The average molecular weight is 300 g/mol. The summed E-state index contributed by atoms with van der Waals surface area (Å²) in [5.41, 5.74) is 0. The van der Waals surface area contributed by atoms with Gasteiger partial charge in [-0.05, 0) is 0 Å². The van der Waals surface area contributed by atoms with Crippen LogP contribution in [0.15, 0.2) is 0 Å². The van der Waals surface area contributed by atoms with Crippen LogP contribution in [0, 0.1) is 0 Å². The van der Waals surface area contributed by atoms with Crippen molar-refractivity contribution in [2.45, 2.75) is 0 Å². The molecule has 0 aliphatic rings. The van der Waals surface area contributed by atoms with E-state index in [0.29, 0.717) is 0 Å². The van der Waals surface area contributed by atoms with Crippen molar-refractivity contribution in [3.63, 3.8) is 0 Å². The molecule has 0 radical (unpaired) electrons. The summed E-state index contributed by atoms with van der Waals surface area (Å²) in [5, 5.41) is 41.7. The zero-order valence-corrected chi connectivity index (χ0v) is 8.55. The van der Waals surface area contributed by atoms with Crippen LogP contribution in [0.1, 0.15) is 0 Å². The Balaban J connectivity index is -0.00000000827. The molecule has 18 heteroatoms. The molecule has 0 fully saturated rings. The summed E-state index contributed by atoms with van der Waals surface area (Å²) in [4.78, 5) is 0. The van der Waals surface area contributed by atoms with E-state index in [1.807, 2.05) is 0 Å². The van der Waals surface area contributed by atoms with E-state index in [2.05, 4.69) is 0 Å². The van der Waals surface area contributed by atoms with Gasteiger partial charge >= 0.3 is 22.2 Å². The summed E-state index contributed by atoms with van der Waals surface area (Å²) in [6.45, 7) is 0. The molecule has 0 saturated carbocycles. The van der Waals surface area contributed by atoms with Crippen molar-refractivity contribution >= 4 is 22.2 Å². The topological polar surface area (TPSA) is 310 Å². The van der Waals surface area contributed by atoms with Gasteiger partial charge in [-0.3, -0.25) is 12.9 Å². The molecular weight excluding hydrogens is 281 g/mol. The predicted molar refractivity (Wildman–Crippen MR) is 55.6 cm³/mol. The molecule has 0 aliphatic carbocycles. The van der Waals surface area contributed by atoms with Crippen molar-refractivity contribution < 1.29 is 75.9 Å². The molecule has 0 saturated heterocycles. The molecule has 18 N–H and O–H groups in total. The third kappa shape index (κ3) is 13300. The third-order valence-electron chi connectivity index (χ3n) is 0. The van der Waals surface area contributed by atoms with E-state index in [0.717, 1.165) is 0 Å². The van der Waals surface area contributed by atoms with Crippen molar-refractivity contribution in [1.29, 1.82) is 0 Å². The number of hydrogen-bond acceptors (Lipinski definition) is 6. The fourth-order valence-corrected chi connectivity index (χ4v) is 0. The van der Waals surface area contributed by atoms with Crippen LogP contribution < -0.4 is 0 Å². The molecule has 0 amide bonds. The summed E-state index contributed by atoms with van der Waals surface area (Å²) < 4.78 is 30.3. The fourth-order valence-electron chi connectivity index (χ4n) is 0. The Morgan fingerprint density at radius 2 is 0.389 bits per heavy atom. The van der Waals surface area contributed by atoms with Crippen molar-refractivity contribution in [2.75, 3.05) is 0 Å². The second kappa shape index (κ2) is 54.9. The summed E-state index contributed by atoms with van der Waals surface area (Å²) >= 11 is 0. The average Bonchev–Trinajstić information content (AvgIpc) is 1.54. The molecule has 18 heavy (non-hydrogen) atoms.